The SMILES string of the molecule is CC1CN2CCCCC2CN1c1ncc(N)s1. The van der Waals surface area contributed by atoms with Crippen molar-refractivity contribution in [3.63, 3.8) is 0 Å². The molecule has 1 aromatic heterocycles. The van der Waals surface area contributed by atoms with Gasteiger partial charge in [-0.05, 0) is 26.3 Å². The van der Waals surface area contributed by atoms with Gasteiger partial charge in [0, 0.05) is 25.2 Å². The molecule has 94 valence electrons. The average molecular weight is 252 g/mol. The number of nitrogen functional groups attached to an aromatic ring is 1. The Labute approximate surface area is 106 Å². The zero-order chi connectivity index (χ0) is 11.8. The first-order valence-electron chi connectivity index (χ1n) is 6.46. The maximum Gasteiger partial charge on any atom is 0.187 e. The number of anilines is 2. The van der Waals surface area contributed by atoms with E-state index >= 15 is 0 Å². The molecule has 3 rings (SSSR count). The molecule has 2 saturated heterocycles. The Morgan fingerprint density at radius 3 is 3.06 bits per heavy atom. The maximum atomic E-state index is 5.78. The van der Waals surface area contributed by atoms with Crippen LogP contribution in [0.2, 0.25) is 0 Å². The zero-order valence-electron chi connectivity index (χ0n) is 10.3. The predicted octanol–water partition coefficient (Wildman–Crippen LogP) is 1.79. The van der Waals surface area contributed by atoms with E-state index in [1.165, 1.54) is 32.4 Å². The van der Waals surface area contributed by atoms with Crippen molar-refractivity contribution >= 4 is 21.5 Å². The van der Waals surface area contributed by atoms with E-state index in [2.05, 4.69) is 21.7 Å². The van der Waals surface area contributed by atoms with Crippen LogP contribution in [0.3, 0.4) is 0 Å². The van der Waals surface area contributed by atoms with E-state index in [-0.39, 0.29) is 0 Å². The molecule has 2 unspecified atom stereocenters. The summed E-state index contributed by atoms with van der Waals surface area (Å²) >= 11 is 1.61. The van der Waals surface area contributed by atoms with Gasteiger partial charge < -0.3 is 10.6 Å². The number of fused-ring (bicyclic) bond motifs is 1. The topological polar surface area (TPSA) is 45.4 Å². The first-order chi connectivity index (χ1) is 8.24. The molecule has 2 fully saturated rings. The molecule has 0 spiro atoms. The summed E-state index contributed by atoms with van der Waals surface area (Å²) in [4.78, 5) is 9.52. The molecule has 0 bridgehead atoms. The van der Waals surface area contributed by atoms with Crippen molar-refractivity contribution in [1.82, 2.24) is 9.88 Å². The third-order valence-electron chi connectivity index (χ3n) is 3.94. The number of nitrogens with two attached hydrogens (primary N) is 1. The largest absolute Gasteiger partial charge is 0.389 e. The lowest BCUT2D eigenvalue weighted by Gasteiger charge is -2.47. The first kappa shape index (κ1) is 11.3. The van der Waals surface area contributed by atoms with Gasteiger partial charge >= 0.3 is 0 Å². The monoisotopic (exact) mass is 252 g/mol. The van der Waals surface area contributed by atoms with Crippen LogP contribution in [0, 0.1) is 0 Å². The van der Waals surface area contributed by atoms with Crippen LogP contribution in [0.25, 0.3) is 0 Å². The van der Waals surface area contributed by atoms with Gasteiger partial charge in [-0.25, -0.2) is 4.98 Å². The van der Waals surface area contributed by atoms with E-state index in [1.807, 2.05) is 0 Å². The van der Waals surface area contributed by atoms with Crippen LogP contribution >= 0.6 is 11.3 Å². The van der Waals surface area contributed by atoms with Crippen LogP contribution in [-0.4, -0.2) is 41.6 Å². The molecule has 0 saturated carbocycles. The molecule has 1 aromatic rings. The van der Waals surface area contributed by atoms with E-state index in [1.54, 1.807) is 17.5 Å². The zero-order valence-corrected chi connectivity index (χ0v) is 11.1. The summed E-state index contributed by atoms with van der Waals surface area (Å²) in [7, 11) is 0. The minimum Gasteiger partial charge on any atom is -0.389 e. The number of aromatic nitrogens is 1. The van der Waals surface area contributed by atoms with Crippen molar-refractivity contribution in [3.8, 4) is 0 Å². The summed E-state index contributed by atoms with van der Waals surface area (Å²) in [5, 5.41) is 1.92. The normalized spacial score (nSPS) is 30.3. The highest BCUT2D eigenvalue weighted by Gasteiger charge is 2.33. The smallest absolute Gasteiger partial charge is 0.187 e. The van der Waals surface area contributed by atoms with E-state index in [9.17, 15) is 0 Å². The molecule has 3 heterocycles. The average Bonchev–Trinajstić information content (AvgIpc) is 2.75. The number of piperidine rings is 1. The molecule has 0 amide bonds. The minimum absolute atomic E-state index is 0.551. The van der Waals surface area contributed by atoms with Crippen LogP contribution in [0.15, 0.2) is 6.20 Å². The summed E-state index contributed by atoms with van der Waals surface area (Å²) in [6.07, 6.45) is 5.86. The second kappa shape index (κ2) is 4.46. The van der Waals surface area contributed by atoms with Crippen LogP contribution in [0.4, 0.5) is 10.1 Å². The summed E-state index contributed by atoms with van der Waals surface area (Å²) in [6, 6.07) is 1.28. The quantitative estimate of drug-likeness (QED) is 0.827. The van der Waals surface area contributed by atoms with Gasteiger partial charge in [0.2, 0.25) is 0 Å². The molecule has 2 N–H and O–H groups in total. The van der Waals surface area contributed by atoms with Crippen LogP contribution < -0.4 is 10.6 Å². The van der Waals surface area contributed by atoms with Gasteiger partial charge in [0.25, 0.3) is 0 Å². The Morgan fingerprint density at radius 1 is 1.41 bits per heavy atom. The number of thiazole rings is 1. The summed E-state index contributed by atoms with van der Waals surface area (Å²) in [5.74, 6) is 0. The van der Waals surface area contributed by atoms with Gasteiger partial charge in [-0.15, -0.1) is 0 Å². The van der Waals surface area contributed by atoms with Crippen molar-refractivity contribution in [2.75, 3.05) is 30.3 Å². The Hall–Kier alpha value is -0.810. The number of nitrogens with zero attached hydrogens (tertiary/aromatic N) is 3. The molecule has 0 radical (unpaired) electrons. The Balaban J connectivity index is 1.77. The molecular weight excluding hydrogens is 232 g/mol. The first-order valence-corrected chi connectivity index (χ1v) is 7.27. The van der Waals surface area contributed by atoms with Crippen molar-refractivity contribution in [2.45, 2.75) is 38.3 Å². The lowest BCUT2D eigenvalue weighted by molar-refractivity contribution is 0.115. The van der Waals surface area contributed by atoms with Gasteiger partial charge in [0.15, 0.2) is 5.13 Å². The number of hydrogen-bond acceptors (Lipinski definition) is 5. The third kappa shape index (κ3) is 2.13. The van der Waals surface area contributed by atoms with Gasteiger partial charge in [0.05, 0.1) is 6.20 Å². The second-order valence-electron chi connectivity index (χ2n) is 5.19. The molecule has 4 nitrogen and oxygen atoms in total. The van der Waals surface area contributed by atoms with Gasteiger partial charge in [-0.3, -0.25) is 4.90 Å². The summed E-state index contributed by atoms with van der Waals surface area (Å²) in [5.41, 5.74) is 5.78. The lowest BCUT2D eigenvalue weighted by atomic mass is 9.97. The van der Waals surface area contributed by atoms with Crippen LogP contribution in [0.5, 0.6) is 0 Å². The molecule has 0 aromatic carbocycles. The highest BCUT2D eigenvalue weighted by molar-refractivity contribution is 7.19. The maximum absolute atomic E-state index is 5.78. The lowest BCUT2D eigenvalue weighted by Crippen LogP contribution is -2.58. The van der Waals surface area contributed by atoms with E-state index in [4.69, 9.17) is 5.73 Å². The highest BCUT2D eigenvalue weighted by atomic mass is 32.1. The number of hydrogen-bond donors (Lipinski definition) is 1. The molecule has 5 heteroatoms. The summed E-state index contributed by atoms with van der Waals surface area (Å²) in [6.45, 7) is 5.86. The second-order valence-corrected chi connectivity index (χ2v) is 6.23. The van der Waals surface area contributed by atoms with Gasteiger partial charge in [-0.1, -0.05) is 17.8 Å². The molecule has 2 atom stereocenters. The molecule has 2 aliphatic rings. The van der Waals surface area contributed by atoms with E-state index in [0.29, 0.717) is 6.04 Å². The van der Waals surface area contributed by atoms with Crippen molar-refractivity contribution < 1.29 is 0 Å². The third-order valence-corrected chi connectivity index (χ3v) is 4.81. The molecule has 17 heavy (non-hydrogen) atoms. The van der Waals surface area contributed by atoms with Crippen molar-refractivity contribution in [3.05, 3.63) is 6.20 Å². The Bertz CT molecular complexity index is 392. The number of rotatable bonds is 1. The van der Waals surface area contributed by atoms with Crippen molar-refractivity contribution in [2.24, 2.45) is 0 Å². The van der Waals surface area contributed by atoms with Crippen molar-refractivity contribution in [1.29, 1.82) is 0 Å². The standard InChI is InChI=1S/C12H20N4S/c1-9-7-15-5-3-2-4-10(15)8-16(9)12-14-6-11(13)17-12/h6,9-10H,2-5,7-8,13H2,1H3. The molecule has 2 aliphatic heterocycles. The Kier molecular flexibility index (Phi) is 2.96. The fourth-order valence-corrected chi connectivity index (χ4v) is 3.82. The summed E-state index contributed by atoms with van der Waals surface area (Å²) < 4.78 is 0. The van der Waals surface area contributed by atoms with Gasteiger partial charge in [0.1, 0.15) is 5.00 Å². The molecule has 0 aliphatic carbocycles. The fourth-order valence-electron chi connectivity index (χ4n) is 3.03. The van der Waals surface area contributed by atoms with E-state index < -0.39 is 0 Å². The number of piperazine rings is 1. The minimum atomic E-state index is 0.551. The van der Waals surface area contributed by atoms with E-state index in [0.717, 1.165) is 22.7 Å². The molecular formula is C12H20N4S. The van der Waals surface area contributed by atoms with Crippen LogP contribution in [0.1, 0.15) is 26.2 Å². The predicted molar refractivity (Wildman–Crippen MR) is 72.5 cm³/mol. The highest BCUT2D eigenvalue weighted by Crippen LogP contribution is 2.31. The van der Waals surface area contributed by atoms with Crippen LogP contribution in [-0.2, 0) is 0 Å². The van der Waals surface area contributed by atoms with Gasteiger partial charge in [-0.2, -0.15) is 0 Å². The fraction of sp³-hybridized carbons (Fsp3) is 0.750. The Morgan fingerprint density at radius 2 is 2.29 bits per heavy atom.